The Morgan fingerprint density at radius 2 is 2.12 bits per heavy atom. The van der Waals surface area contributed by atoms with Gasteiger partial charge in [-0.25, -0.2) is 0 Å². The van der Waals surface area contributed by atoms with Crippen LogP contribution in [0.4, 0.5) is 0 Å². The lowest BCUT2D eigenvalue weighted by Gasteiger charge is -2.37. The van der Waals surface area contributed by atoms with Crippen molar-refractivity contribution >= 4 is 11.8 Å². The lowest BCUT2D eigenvalue weighted by atomic mass is 9.84. The molecule has 1 rings (SSSR count). The number of piperidine rings is 1. The van der Waals surface area contributed by atoms with Crippen LogP contribution < -0.4 is 11.1 Å². The van der Waals surface area contributed by atoms with E-state index in [9.17, 15) is 9.59 Å². The molecule has 0 atom stereocenters. The van der Waals surface area contributed by atoms with E-state index in [0.717, 1.165) is 12.8 Å². The van der Waals surface area contributed by atoms with Crippen LogP contribution in [-0.2, 0) is 9.59 Å². The summed E-state index contributed by atoms with van der Waals surface area (Å²) < 4.78 is 0. The van der Waals surface area contributed by atoms with Gasteiger partial charge in [0.05, 0.1) is 0 Å². The average molecular weight is 227 g/mol. The lowest BCUT2D eigenvalue weighted by molar-refractivity contribution is -0.147. The Morgan fingerprint density at radius 1 is 1.44 bits per heavy atom. The molecule has 0 aromatic rings. The normalized spacial score (nSPS) is 19.3. The summed E-state index contributed by atoms with van der Waals surface area (Å²) in [6.07, 6.45) is 2.06. The maximum absolute atomic E-state index is 11.8. The topological polar surface area (TPSA) is 75.4 Å². The van der Waals surface area contributed by atoms with Crippen LogP contribution in [0.5, 0.6) is 0 Å². The molecule has 1 saturated heterocycles. The van der Waals surface area contributed by atoms with Gasteiger partial charge in [0.25, 0.3) is 0 Å². The number of carbonyl (C=O) groups excluding carboxylic acids is 2. The van der Waals surface area contributed by atoms with Crippen LogP contribution in [0.2, 0.25) is 0 Å². The molecule has 16 heavy (non-hydrogen) atoms. The summed E-state index contributed by atoms with van der Waals surface area (Å²) in [7, 11) is 0. The molecule has 0 saturated carbocycles. The van der Waals surface area contributed by atoms with E-state index < -0.39 is 11.8 Å². The number of nitrogens with two attached hydrogens (primary N) is 1. The monoisotopic (exact) mass is 227 g/mol. The molecule has 1 heterocycles. The molecule has 0 unspecified atom stereocenters. The molecule has 3 N–H and O–H groups in total. The number of nitrogens with one attached hydrogen (secondary N) is 1. The predicted molar refractivity (Wildman–Crippen MR) is 61.7 cm³/mol. The largest absolute Gasteiger partial charge is 0.347 e. The molecule has 5 heteroatoms. The van der Waals surface area contributed by atoms with E-state index in [-0.39, 0.29) is 5.41 Å². The summed E-state index contributed by atoms with van der Waals surface area (Å²) in [6, 6.07) is 0. The van der Waals surface area contributed by atoms with Crippen molar-refractivity contribution in [2.45, 2.75) is 26.7 Å². The Bertz CT molecular complexity index is 276. The van der Waals surface area contributed by atoms with Gasteiger partial charge in [0, 0.05) is 26.2 Å². The Morgan fingerprint density at radius 3 is 2.69 bits per heavy atom. The van der Waals surface area contributed by atoms with Crippen LogP contribution in [0.15, 0.2) is 0 Å². The van der Waals surface area contributed by atoms with Crippen molar-refractivity contribution in [3.05, 3.63) is 0 Å². The van der Waals surface area contributed by atoms with Gasteiger partial charge in [-0.1, -0.05) is 13.8 Å². The summed E-state index contributed by atoms with van der Waals surface area (Å²) in [4.78, 5) is 24.9. The zero-order valence-corrected chi connectivity index (χ0v) is 10.1. The molecule has 5 nitrogen and oxygen atoms in total. The minimum absolute atomic E-state index is 0.113. The van der Waals surface area contributed by atoms with Gasteiger partial charge in [-0.2, -0.15) is 0 Å². The van der Waals surface area contributed by atoms with Crippen LogP contribution in [0.25, 0.3) is 0 Å². The van der Waals surface area contributed by atoms with Crippen molar-refractivity contribution in [3.8, 4) is 0 Å². The first-order chi connectivity index (χ1) is 7.46. The second-order valence-corrected chi connectivity index (χ2v) is 5.04. The first-order valence-corrected chi connectivity index (χ1v) is 5.73. The highest BCUT2D eigenvalue weighted by Crippen LogP contribution is 2.28. The SMILES string of the molecule is CC1(C)CCCN(C(=O)C(=O)NCCN)C1. The van der Waals surface area contributed by atoms with Crippen LogP contribution >= 0.6 is 0 Å². The van der Waals surface area contributed by atoms with E-state index in [1.165, 1.54) is 0 Å². The van der Waals surface area contributed by atoms with Crippen molar-refractivity contribution < 1.29 is 9.59 Å². The second kappa shape index (κ2) is 5.30. The van der Waals surface area contributed by atoms with E-state index in [1.54, 1.807) is 4.90 Å². The van der Waals surface area contributed by atoms with E-state index in [1.807, 2.05) is 0 Å². The van der Waals surface area contributed by atoms with Gasteiger partial charge in [-0.05, 0) is 18.3 Å². The Hall–Kier alpha value is -1.10. The van der Waals surface area contributed by atoms with Crippen molar-refractivity contribution in [3.63, 3.8) is 0 Å². The fourth-order valence-electron chi connectivity index (χ4n) is 2.00. The van der Waals surface area contributed by atoms with Crippen LogP contribution in [0.1, 0.15) is 26.7 Å². The fourth-order valence-corrected chi connectivity index (χ4v) is 2.00. The molecule has 0 spiro atoms. The zero-order chi connectivity index (χ0) is 12.2. The third kappa shape index (κ3) is 3.48. The van der Waals surface area contributed by atoms with E-state index in [4.69, 9.17) is 5.73 Å². The fraction of sp³-hybridized carbons (Fsp3) is 0.818. The van der Waals surface area contributed by atoms with Gasteiger partial charge in [-0.15, -0.1) is 0 Å². The number of hydrogen-bond donors (Lipinski definition) is 2. The van der Waals surface area contributed by atoms with Gasteiger partial charge >= 0.3 is 11.8 Å². The number of nitrogens with zero attached hydrogens (tertiary/aromatic N) is 1. The Labute approximate surface area is 96.4 Å². The molecule has 0 aromatic carbocycles. The quantitative estimate of drug-likeness (QED) is 0.637. The minimum Gasteiger partial charge on any atom is -0.347 e. The number of amides is 2. The summed E-state index contributed by atoms with van der Waals surface area (Å²) in [5.74, 6) is -0.968. The van der Waals surface area contributed by atoms with Gasteiger partial charge in [-0.3, -0.25) is 9.59 Å². The molecule has 92 valence electrons. The first kappa shape index (κ1) is 13.0. The molecule has 1 aliphatic rings. The Kier molecular flexibility index (Phi) is 4.29. The molecule has 0 aromatic heterocycles. The first-order valence-electron chi connectivity index (χ1n) is 5.73. The van der Waals surface area contributed by atoms with Gasteiger partial charge in [0.1, 0.15) is 0 Å². The molecule has 1 aliphatic heterocycles. The summed E-state index contributed by atoms with van der Waals surface area (Å²) >= 11 is 0. The van der Waals surface area contributed by atoms with Gasteiger partial charge < -0.3 is 16.0 Å². The van der Waals surface area contributed by atoms with Crippen molar-refractivity contribution in [2.24, 2.45) is 11.1 Å². The summed E-state index contributed by atoms with van der Waals surface area (Å²) in [5, 5.41) is 2.50. The highest BCUT2D eigenvalue weighted by atomic mass is 16.2. The molecule has 2 amide bonds. The van der Waals surface area contributed by atoms with E-state index in [0.29, 0.717) is 26.2 Å². The standard InChI is InChI=1S/C11H21N3O2/c1-11(2)4-3-7-14(8-11)10(16)9(15)13-6-5-12/h3-8,12H2,1-2H3,(H,13,15). The highest BCUT2D eigenvalue weighted by Gasteiger charge is 2.31. The summed E-state index contributed by atoms with van der Waals surface area (Å²) in [6.45, 7) is 6.26. The summed E-state index contributed by atoms with van der Waals surface area (Å²) in [5.41, 5.74) is 5.37. The number of likely N-dealkylation sites (tertiary alicyclic amines) is 1. The maximum Gasteiger partial charge on any atom is 0.311 e. The highest BCUT2D eigenvalue weighted by molar-refractivity contribution is 6.35. The number of hydrogen-bond acceptors (Lipinski definition) is 3. The maximum atomic E-state index is 11.8. The molecule has 0 bridgehead atoms. The van der Waals surface area contributed by atoms with Gasteiger partial charge in [0.2, 0.25) is 0 Å². The van der Waals surface area contributed by atoms with Gasteiger partial charge in [0.15, 0.2) is 0 Å². The van der Waals surface area contributed by atoms with E-state index >= 15 is 0 Å². The second-order valence-electron chi connectivity index (χ2n) is 5.04. The zero-order valence-electron chi connectivity index (χ0n) is 10.1. The third-order valence-corrected chi connectivity index (χ3v) is 2.81. The van der Waals surface area contributed by atoms with Crippen LogP contribution in [-0.4, -0.2) is 42.9 Å². The molecule has 0 radical (unpaired) electrons. The molecular formula is C11H21N3O2. The molecule has 0 aliphatic carbocycles. The average Bonchev–Trinajstić information content (AvgIpc) is 2.23. The van der Waals surface area contributed by atoms with Crippen LogP contribution in [0, 0.1) is 5.41 Å². The van der Waals surface area contributed by atoms with Crippen LogP contribution in [0.3, 0.4) is 0 Å². The molecular weight excluding hydrogens is 206 g/mol. The minimum atomic E-state index is -0.539. The third-order valence-electron chi connectivity index (χ3n) is 2.81. The van der Waals surface area contributed by atoms with E-state index in [2.05, 4.69) is 19.2 Å². The molecule has 1 fully saturated rings. The van der Waals surface area contributed by atoms with Crippen molar-refractivity contribution in [1.82, 2.24) is 10.2 Å². The number of carbonyl (C=O) groups is 2. The Balaban J connectivity index is 2.50. The van der Waals surface area contributed by atoms with Crippen molar-refractivity contribution in [1.29, 1.82) is 0 Å². The smallest absolute Gasteiger partial charge is 0.311 e. The predicted octanol–water partition coefficient (Wildman–Crippen LogP) is -0.290. The van der Waals surface area contributed by atoms with Crippen molar-refractivity contribution in [2.75, 3.05) is 26.2 Å². The lowest BCUT2D eigenvalue weighted by Crippen LogP contribution is -2.49. The number of rotatable bonds is 2.